The maximum absolute atomic E-state index is 13.9. The van der Waals surface area contributed by atoms with E-state index in [1.165, 1.54) is 31.4 Å². The summed E-state index contributed by atoms with van der Waals surface area (Å²) in [5.41, 5.74) is 2.31. The molecule has 0 saturated carbocycles. The molecular formula is C28H21N3O6. The van der Waals surface area contributed by atoms with Crippen LogP contribution in [0.25, 0.3) is 6.08 Å². The average molecular weight is 495 g/mol. The van der Waals surface area contributed by atoms with Crippen LogP contribution >= 0.6 is 0 Å². The van der Waals surface area contributed by atoms with E-state index in [-0.39, 0.29) is 17.2 Å². The van der Waals surface area contributed by atoms with Gasteiger partial charge in [0.2, 0.25) is 11.8 Å². The number of non-ortho nitro benzene ring substituents is 1. The third-order valence-electron chi connectivity index (χ3n) is 7.42. The van der Waals surface area contributed by atoms with Crippen molar-refractivity contribution in [2.75, 3.05) is 12.0 Å². The number of fused-ring (bicyclic) bond motifs is 5. The van der Waals surface area contributed by atoms with E-state index in [0.29, 0.717) is 11.3 Å². The molecule has 0 aliphatic carbocycles. The number of ether oxygens (including phenoxy) is 1. The molecule has 0 N–H and O–H groups in total. The summed E-state index contributed by atoms with van der Waals surface area (Å²) in [6.07, 6.45) is 3.69. The van der Waals surface area contributed by atoms with Crippen molar-refractivity contribution in [3.8, 4) is 5.75 Å². The van der Waals surface area contributed by atoms with Crippen LogP contribution < -0.4 is 9.64 Å². The standard InChI is InChI=1S/C28H21N3O6/c1-37-20-12-6-17(7-13-20)26(32)25-23-22(24-21-5-3-2-4-16(21)14-15-29(24)25)27(33)30(28(23)34)18-8-10-19(11-9-18)31(35)36/h2-15,22-25H,1H3/t22-,23+,24-,25-/m0/s1. The zero-order chi connectivity index (χ0) is 25.8. The molecule has 2 fully saturated rings. The number of carbonyl (C=O) groups is 3. The SMILES string of the molecule is COc1ccc(C(=O)[C@@H]2[C@@H]3C(=O)N(c4ccc([N+](=O)[O-])cc4)C(=O)[C@@H]3[C@@H]3c4ccccc4C=CN23)cc1. The summed E-state index contributed by atoms with van der Waals surface area (Å²) >= 11 is 0. The first-order valence-corrected chi connectivity index (χ1v) is 11.8. The molecule has 0 aromatic heterocycles. The molecule has 2 amide bonds. The molecule has 0 bridgehead atoms. The van der Waals surface area contributed by atoms with E-state index < -0.39 is 40.7 Å². The summed E-state index contributed by atoms with van der Waals surface area (Å²) in [6, 6.07) is 18.2. The number of imide groups is 1. The number of anilines is 1. The molecule has 3 heterocycles. The minimum Gasteiger partial charge on any atom is -0.497 e. The molecule has 0 spiro atoms. The average Bonchev–Trinajstić information content (AvgIpc) is 3.40. The van der Waals surface area contributed by atoms with Gasteiger partial charge in [-0.2, -0.15) is 0 Å². The van der Waals surface area contributed by atoms with Gasteiger partial charge < -0.3 is 9.64 Å². The number of amides is 2. The lowest BCUT2D eigenvalue weighted by molar-refractivity contribution is -0.384. The zero-order valence-corrected chi connectivity index (χ0v) is 19.7. The van der Waals surface area contributed by atoms with Gasteiger partial charge in [-0.25, -0.2) is 4.90 Å². The molecule has 3 aromatic rings. The lowest BCUT2D eigenvalue weighted by Crippen LogP contribution is -2.44. The van der Waals surface area contributed by atoms with Crippen molar-refractivity contribution in [3.63, 3.8) is 0 Å². The molecule has 2 saturated heterocycles. The van der Waals surface area contributed by atoms with E-state index in [2.05, 4.69) is 0 Å². The van der Waals surface area contributed by atoms with Gasteiger partial charge in [-0.1, -0.05) is 24.3 Å². The van der Waals surface area contributed by atoms with Gasteiger partial charge in [0, 0.05) is 23.9 Å². The van der Waals surface area contributed by atoms with Crippen LogP contribution in [0.15, 0.2) is 79.0 Å². The van der Waals surface area contributed by atoms with Crippen LogP contribution in [0.5, 0.6) is 5.75 Å². The highest BCUT2D eigenvalue weighted by Crippen LogP contribution is 2.53. The molecule has 3 aliphatic rings. The van der Waals surface area contributed by atoms with Crippen molar-refractivity contribution >= 4 is 35.0 Å². The number of ketones is 1. The van der Waals surface area contributed by atoms with Gasteiger partial charge in [-0.05, 0) is 53.6 Å². The first kappa shape index (κ1) is 22.7. The second-order valence-electron chi connectivity index (χ2n) is 9.21. The summed E-state index contributed by atoms with van der Waals surface area (Å²) in [6.45, 7) is 0. The summed E-state index contributed by atoms with van der Waals surface area (Å²) in [4.78, 5) is 55.1. The summed E-state index contributed by atoms with van der Waals surface area (Å²) < 4.78 is 5.21. The Balaban J connectivity index is 1.45. The highest BCUT2D eigenvalue weighted by Gasteiger charge is 2.64. The lowest BCUT2D eigenvalue weighted by Gasteiger charge is -2.35. The Hall–Kier alpha value is -4.79. The number of hydrogen-bond donors (Lipinski definition) is 0. The van der Waals surface area contributed by atoms with Gasteiger partial charge in [0.15, 0.2) is 5.78 Å². The fraction of sp³-hybridized carbons (Fsp3) is 0.179. The number of rotatable bonds is 5. The Morgan fingerprint density at radius 3 is 2.27 bits per heavy atom. The van der Waals surface area contributed by atoms with Crippen molar-refractivity contribution in [3.05, 3.63) is 106 Å². The number of benzene rings is 3. The molecule has 37 heavy (non-hydrogen) atoms. The van der Waals surface area contributed by atoms with Gasteiger partial charge in [0.1, 0.15) is 11.8 Å². The van der Waals surface area contributed by atoms with Crippen LogP contribution in [-0.4, -0.2) is 40.6 Å². The quantitative estimate of drug-likeness (QED) is 0.228. The van der Waals surface area contributed by atoms with Crippen molar-refractivity contribution in [1.29, 1.82) is 0 Å². The maximum atomic E-state index is 13.9. The Morgan fingerprint density at radius 2 is 1.59 bits per heavy atom. The van der Waals surface area contributed by atoms with Crippen molar-refractivity contribution in [2.45, 2.75) is 12.1 Å². The number of nitro groups is 1. The maximum Gasteiger partial charge on any atom is 0.269 e. The smallest absolute Gasteiger partial charge is 0.269 e. The number of nitro benzene ring substituents is 1. The van der Waals surface area contributed by atoms with Gasteiger partial charge in [0.05, 0.1) is 35.6 Å². The number of methoxy groups -OCH3 is 1. The van der Waals surface area contributed by atoms with Crippen LogP contribution in [0, 0.1) is 22.0 Å². The minimum absolute atomic E-state index is 0.145. The largest absolute Gasteiger partial charge is 0.497 e. The Bertz CT molecular complexity index is 1480. The van der Waals surface area contributed by atoms with Gasteiger partial charge in [0.25, 0.3) is 5.69 Å². The molecule has 0 radical (unpaired) electrons. The molecule has 9 nitrogen and oxygen atoms in total. The predicted molar refractivity (Wildman–Crippen MR) is 134 cm³/mol. The molecule has 6 rings (SSSR count). The molecule has 0 unspecified atom stereocenters. The Kier molecular flexibility index (Phi) is 5.15. The third-order valence-corrected chi connectivity index (χ3v) is 7.42. The second-order valence-corrected chi connectivity index (χ2v) is 9.21. The van der Waals surface area contributed by atoms with E-state index in [1.807, 2.05) is 35.2 Å². The number of hydrogen-bond acceptors (Lipinski definition) is 7. The first-order valence-electron chi connectivity index (χ1n) is 11.8. The second kappa shape index (κ2) is 8.41. The number of nitrogens with zero attached hydrogens (tertiary/aromatic N) is 3. The highest BCUT2D eigenvalue weighted by atomic mass is 16.6. The molecule has 3 aromatic carbocycles. The molecule has 9 heteroatoms. The lowest BCUT2D eigenvalue weighted by atomic mass is 9.83. The fourth-order valence-electron chi connectivity index (χ4n) is 5.76. The van der Waals surface area contributed by atoms with Crippen molar-refractivity contribution in [1.82, 2.24) is 4.90 Å². The fourth-order valence-corrected chi connectivity index (χ4v) is 5.76. The molecular weight excluding hydrogens is 474 g/mol. The van der Waals surface area contributed by atoms with Crippen LogP contribution in [0.1, 0.15) is 27.5 Å². The third kappa shape index (κ3) is 3.35. The highest BCUT2D eigenvalue weighted by molar-refractivity contribution is 6.24. The van der Waals surface area contributed by atoms with E-state index in [4.69, 9.17) is 4.74 Å². The topological polar surface area (TPSA) is 110 Å². The van der Waals surface area contributed by atoms with Crippen LogP contribution in [0.4, 0.5) is 11.4 Å². The monoisotopic (exact) mass is 495 g/mol. The zero-order valence-electron chi connectivity index (χ0n) is 19.7. The van der Waals surface area contributed by atoms with E-state index >= 15 is 0 Å². The minimum atomic E-state index is -0.918. The predicted octanol–water partition coefficient (Wildman–Crippen LogP) is 4.00. The number of carbonyl (C=O) groups excluding carboxylic acids is 3. The van der Waals surface area contributed by atoms with Crippen molar-refractivity contribution < 1.29 is 24.0 Å². The summed E-state index contributed by atoms with van der Waals surface area (Å²) in [5.74, 6) is -2.29. The van der Waals surface area contributed by atoms with Crippen LogP contribution in [0.3, 0.4) is 0 Å². The van der Waals surface area contributed by atoms with Crippen LogP contribution in [-0.2, 0) is 9.59 Å². The summed E-state index contributed by atoms with van der Waals surface area (Å²) in [5, 5.41) is 11.1. The number of Topliss-reactive ketones (excluding diaryl/α,β-unsaturated/α-hetero) is 1. The van der Waals surface area contributed by atoms with Crippen LogP contribution in [0.2, 0.25) is 0 Å². The van der Waals surface area contributed by atoms with Gasteiger partial charge >= 0.3 is 0 Å². The van der Waals surface area contributed by atoms with Gasteiger partial charge in [-0.3, -0.25) is 24.5 Å². The van der Waals surface area contributed by atoms with Gasteiger partial charge in [-0.15, -0.1) is 0 Å². The van der Waals surface area contributed by atoms with E-state index in [9.17, 15) is 24.5 Å². The normalized spacial score (nSPS) is 23.5. The molecule has 4 atom stereocenters. The van der Waals surface area contributed by atoms with Crippen molar-refractivity contribution in [2.24, 2.45) is 11.8 Å². The summed E-state index contributed by atoms with van der Waals surface area (Å²) in [7, 11) is 1.54. The van der Waals surface area contributed by atoms with E-state index in [1.54, 1.807) is 30.5 Å². The Morgan fingerprint density at radius 1 is 0.919 bits per heavy atom. The Labute approximate surface area is 211 Å². The molecule has 184 valence electrons. The first-order chi connectivity index (χ1) is 17.9. The molecule has 3 aliphatic heterocycles. The van der Waals surface area contributed by atoms with E-state index in [0.717, 1.165) is 16.0 Å².